The third kappa shape index (κ3) is 2.37. The fourth-order valence-electron chi connectivity index (χ4n) is 2.06. The van der Waals surface area contributed by atoms with Crippen molar-refractivity contribution in [2.24, 2.45) is 5.11 Å². The van der Waals surface area contributed by atoms with Crippen molar-refractivity contribution in [2.45, 2.75) is 50.3 Å². The first-order valence-corrected chi connectivity index (χ1v) is 5.33. The second-order valence-electron chi connectivity index (χ2n) is 4.54. The second kappa shape index (κ2) is 4.41. The van der Waals surface area contributed by atoms with E-state index in [1.807, 2.05) is 0 Å². The lowest BCUT2D eigenvalue weighted by molar-refractivity contribution is -0.224. The molecule has 8 heteroatoms. The molecular formula is C9H15N3O5. The Morgan fingerprint density at radius 2 is 2.18 bits per heavy atom. The van der Waals surface area contributed by atoms with Crippen molar-refractivity contribution in [3.05, 3.63) is 10.4 Å². The van der Waals surface area contributed by atoms with E-state index in [4.69, 9.17) is 19.7 Å². The van der Waals surface area contributed by atoms with E-state index in [0.717, 1.165) is 0 Å². The highest BCUT2D eigenvalue weighted by Gasteiger charge is 2.55. The smallest absolute Gasteiger partial charge is 0.190 e. The molecule has 2 N–H and O–H groups in total. The van der Waals surface area contributed by atoms with Crippen LogP contribution in [0, 0.1) is 0 Å². The molecule has 96 valence electrons. The fraction of sp³-hybridized carbons (Fsp3) is 1.00. The van der Waals surface area contributed by atoms with Crippen molar-refractivity contribution in [1.82, 2.24) is 0 Å². The maximum absolute atomic E-state index is 9.94. The maximum atomic E-state index is 9.94. The number of aliphatic hydroxyl groups is 2. The maximum Gasteiger partial charge on any atom is 0.190 e. The standard InChI is InChI=1S/C9H15N3O5/c1-9(2)16-7-5(14)6(15-8(7)17-9)4(13)3-11-12-10/h4-8,13-14H,3H2,1-2H3/t4-,5-,6+,7+,8+/m0/s1. The van der Waals surface area contributed by atoms with Crippen LogP contribution in [0.4, 0.5) is 0 Å². The lowest BCUT2D eigenvalue weighted by Crippen LogP contribution is -2.42. The Hall–Kier alpha value is -0.890. The van der Waals surface area contributed by atoms with Gasteiger partial charge in [-0.1, -0.05) is 5.11 Å². The van der Waals surface area contributed by atoms with Gasteiger partial charge < -0.3 is 24.4 Å². The van der Waals surface area contributed by atoms with E-state index in [2.05, 4.69) is 10.0 Å². The molecule has 2 fully saturated rings. The van der Waals surface area contributed by atoms with Crippen molar-refractivity contribution in [3.8, 4) is 0 Å². The van der Waals surface area contributed by atoms with E-state index in [-0.39, 0.29) is 6.54 Å². The first kappa shape index (κ1) is 12.6. The van der Waals surface area contributed by atoms with Gasteiger partial charge in [-0.15, -0.1) is 0 Å². The molecule has 2 saturated heterocycles. The van der Waals surface area contributed by atoms with Gasteiger partial charge >= 0.3 is 0 Å². The van der Waals surface area contributed by atoms with Crippen molar-refractivity contribution >= 4 is 0 Å². The summed E-state index contributed by atoms with van der Waals surface area (Å²) in [6.07, 6.45) is -4.29. The molecule has 0 radical (unpaired) electrons. The summed E-state index contributed by atoms with van der Waals surface area (Å²) in [4.78, 5) is 2.53. The van der Waals surface area contributed by atoms with E-state index < -0.39 is 36.5 Å². The van der Waals surface area contributed by atoms with E-state index in [0.29, 0.717) is 0 Å². The number of fused-ring (bicyclic) bond motifs is 1. The highest BCUT2D eigenvalue weighted by Crippen LogP contribution is 2.38. The van der Waals surface area contributed by atoms with Gasteiger partial charge in [-0.05, 0) is 19.4 Å². The van der Waals surface area contributed by atoms with E-state index >= 15 is 0 Å². The molecule has 2 aliphatic heterocycles. The van der Waals surface area contributed by atoms with Gasteiger partial charge in [0.1, 0.15) is 18.3 Å². The molecule has 2 rings (SSSR count). The first-order valence-electron chi connectivity index (χ1n) is 5.33. The molecule has 0 saturated carbocycles. The molecule has 2 aliphatic rings. The SMILES string of the molecule is CC1(C)O[C@H]2O[C@H]([C@@H](O)CN=[N+]=[N-])[C@H](O)[C@H]2O1. The Balaban J connectivity index is 2.00. The van der Waals surface area contributed by atoms with Gasteiger partial charge in [-0.3, -0.25) is 0 Å². The average molecular weight is 245 g/mol. The van der Waals surface area contributed by atoms with Gasteiger partial charge in [0.25, 0.3) is 0 Å². The average Bonchev–Trinajstić information content (AvgIpc) is 2.70. The van der Waals surface area contributed by atoms with Gasteiger partial charge in [0, 0.05) is 4.91 Å². The van der Waals surface area contributed by atoms with E-state index in [1.54, 1.807) is 13.8 Å². The Morgan fingerprint density at radius 3 is 2.76 bits per heavy atom. The predicted octanol–water partition coefficient (Wildman–Crippen LogP) is -0.105. The second-order valence-corrected chi connectivity index (χ2v) is 4.54. The summed E-state index contributed by atoms with van der Waals surface area (Å²) in [6.45, 7) is 3.26. The molecule has 0 aromatic carbocycles. The predicted molar refractivity (Wildman–Crippen MR) is 54.7 cm³/mol. The van der Waals surface area contributed by atoms with Crippen LogP contribution >= 0.6 is 0 Å². The Labute approximate surface area is 97.7 Å². The highest BCUT2D eigenvalue weighted by molar-refractivity contribution is 4.96. The van der Waals surface area contributed by atoms with Crippen molar-refractivity contribution in [3.63, 3.8) is 0 Å². The Kier molecular flexibility index (Phi) is 3.26. The van der Waals surface area contributed by atoms with Gasteiger partial charge in [-0.25, -0.2) is 0 Å². The van der Waals surface area contributed by atoms with E-state index in [9.17, 15) is 10.2 Å². The highest BCUT2D eigenvalue weighted by atomic mass is 16.8. The van der Waals surface area contributed by atoms with Crippen LogP contribution in [-0.4, -0.2) is 53.3 Å². The number of ether oxygens (including phenoxy) is 3. The van der Waals surface area contributed by atoms with Gasteiger partial charge in [0.15, 0.2) is 12.1 Å². The lowest BCUT2D eigenvalue weighted by Gasteiger charge is -2.25. The van der Waals surface area contributed by atoms with E-state index in [1.165, 1.54) is 0 Å². The number of azide groups is 1. The summed E-state index contributed by atoms with van der Waals surface area (Å²) in [5.74, 6) is -0.808. The molecular weight excluding hydrogens is 230 g/mol. The molecule has 0 aromatic heterocycles. The summed E-state index contributed by atoms with van der Waals surface area (Å²) in [6, 6.07) is 0. The zero-order chi connectivity index (χ0) is 12.6. The van der Waals surface area contributed by atoms with Crippen molar-refractivity contribution in [1.29, 1.82) is 0 Å². The Morgan fingerprint density at radius 1 is 1.47 bits per heavy atom. The summed E-state index contributed by atoms with van der Waals surface area (Å²) in [5, 5.41) is 22.8. The minimum atomic E-state index is -1.08. The normalized spacial score (nSPS) is 40.7. The zero-order valence-electron chi connectivity index (χ0n) is 9.55. The molecule has 0 bridgehead atoms. The minimum Gasteiger partial charge on any atom is -0.390 e. The van der Waals surface area contributed by atoms with Crippen LogP contribution in [0.2, 0.25) is 0 Å². The molecule has 5 atom stereocenters. The number of rotatable bonds is 3. The van der Waals surface area contributed by atoms with Crippen molar-refractivity contribution < 1.29 is 24.4 Å². The quantitative estimate of drug-likeness (QED) is 0.409. The van der Waals surface area contributed by atoms with Crippen LogP contribution in [0.25, 0.3) is 10.4 Å². The molecule has 2 heterocycles. The van der Waals surface area contributed by atoms with Crippen LogP contribution < -0.4 is 0 Å². The monoisotopic (exact) mass is 245 g/mol. The number of hydrogen-bond acceptors (Lipinski definition) is 6. The summed E-state index contributed by atoms with van der Waals surface area (Å²) in [7, 11) is 0. The molecule has 0 spiro atoms. The number of aliphatic hydroxyl groups excluding tert-OH is 2. The minimum absolute atomic E-state index is 0.166. The molecule has 0 unspecified atom stereocenters. The van der Waals surface area contributed by atoms with Crippen LogP contribution in [0.1, 0.15) is 13.8 Å². The van der Waals surface area contributed by atoms with Gasteiger partial charge in [0.05, 0.1) is 12.6 Å². The van der Waals surface area contributed by atoms with Gasteiger partial charge in [0.2, 0.25) is 0 Å². The molecule has 0 aliphatic carbocycles. The molecule has 0 amide bonds. The van der Waals surface area contributed by atoms with Crippen molar-refractivity contribution in [2.75, 3.05) is 6.54 Å². The summed E-state index contributed by atoms with van der Waals surface area (Å²) in [5.41, 5.74) is 8.15. The van der Waals surface area contributed by atoms with Crippen LogP contribution in [-0.2, 0) is 14.2 Å². The van der Waals surface area contributed by atoms with Crippen LogP contribution in [0.5, 0.6) is 0 Å². The largest absolute Gasteiger partial charge is 0.390 e. The molecule has 8 nitrogen and oxygen atoms in total. The summed E-state index contributed by atoms with van der Waals surface area (Å²) >= 11 is 0. The first-order chi connectivity index (χ1) is 7.94. The third-order valence-corrected chi connectivity index (χ3v) is 2.76. The number of hydrogen-bond donors (Lipinski definition) is 2. The fourth-order valence-corrected chi connectivity index (χ4v) is 2.06. The summed E-state index contributed by atoms with van der Waals surface area (Å²) < 4.78 is 16.2. The number of nitrogens with zero attached hydrogens (tertiary/aromatic N) is 3. The third-order valence-electron chi connectivity index (χ3n) is 2.76. The zero-order valence-corrected chi connectivity index (χ0v) is 9.55. The van der Waals surface area contributed by atoms with Crippen LogP contribution in [0.3, 0.4) is 0 Å². The lowest BCUT2D eigenvalue weighted by atomic mass is 10.1. The molecule has 0 aromatic rings. The van der Waals surface area contributed by atoms with Gasteiger partial charge in [-0.2, -0.15) is 0 Å². The molecule has 17 heavy (non-hydrogen) atoms. The van der Waals surface area contributed by atoms with Crippen LogP contribution in [0.15, 0.2) is 5.11 Å². The Bertz CT molecular complexity index is 344. The topological polar surface area (TPSA) is 117 Å².